The fourth-order valence-electron chi connectivity index (χ4n) is 1.61. The summed E-state index contributed by atoms with van der Waals surface area (Å²) in [5, 5.41) is 18.7. The Labute approximate surface area is 102 Å². The largest absolute Gasteiger partial charge is 0.478 e. The van der Waals surface area contributed by atoms with E-state index < -0.39 is 12.1 Å². The van der Waals surface area contributed by atoms with E-state index in [1.165, 1.54) is 0 Å². The minimum Gasteiger partial charge on any atom is -0.478 e. The number of carboxylic acids is 1. The predicted molar refractivity (Wildman–Crippen MR) is 67.2 cm³/mol. The van der Waals surface area contributed by atoms with Gasteiger partial charge in [0.1, 0.15) is 0 Å². The first-order chi connectivity index (χ1) is 7.84. The van der Waals surface area contributed by atoms with Crippen LogP contribution in [0.2, 0.25) is 0 Å². The number of rotatable bonds is 5. The van der Waals surface area contributed by atoms with Crippen molar-refractivity contribution in [2.45, 2.75) is 39.7 Å². The molecule has 0 aliphatic carbocycles. The third-order valence-corrected chi connectivity index (χ3v) is 3.42. The Morgan fingerprint density at radius 1 is 1.35 bits per heavy atom. The number of carbonyl (C=O) groups is 1. The molecule has 0 aliphatic rings. The molecule has 0 fully saturated rings. The first-order valence-corrected chi connectivity index (χ1v) is 5.84. The zero-order valence-corrected chi connectivity index (χ0v) is 10.6. The van der Waals surface area contributed by atoms with Gasteiger partial charge in [0.2, 0.25) is 0 Å². The molecule has 1 rings (SSSR count). The van der Waals surface area contributed by atoms with Gasteiger partial charge in [-0.2, -0.15) is 0 Å². The lowest BCUT2D eigenvalue weighted by atomic mass is 9.81. The number of aromatic carboxylic acids is 1. The summed E-state index contributed by atoms with van der Waals surface area (Å²) in [6.07, 6.45) is 1.02. The maximum Gasteiger partial charge on any atom is 0.335 e. The van der Waals surface area contributed by atoms with Gasteiger partial charge in [-0.3, -0.25) is 0 Å². The van der Waals surface area contributed by atoms with E-state index in [1.54, 1.807) is 19.1 Å². The van der Waals surface area contributed by atoms with E-state index in [1.807, 2.05) is 26.0 Å². The number of hydrogen-bond donors (Lipinski definition) is 2. The standard InChI is InChI=1S/C14H20O3/c1-10(15)14(2,3)9-8-11-6-4-5-7-12(11)13(16)17/h4-7,10,15H,8-9H2,1-3H3,(H,16,17). The highest BCUT2D eigenvalue weighted by molar-refractivity contribution is 5.89. The third kappa shape index (κ3) is 3.56. The molecule has 0 radical (unpaired) electrons. The molecule has 17 heavy (non-hydrogen) atoms. The van der Waals surface area contributed by atoms with Crippen LogP contribution in [0.25, 0.3) is 0 Å². The summed E-state index contributed by atoms with van der Waals surface area (Å²) in [4.78, 5) is 11.0. The topological polar surface area (TPSA) is 57.5 Å². The Hall–Kier alpha value is -1.35. The van der Waals surface area contributed by atoms with Gasteiger partial charge < -0.3 is 10.2 Å². The molecular formula is C14H20O3. The molecule has 0 spiro atoms. The normalized spacial score (nSPS) is 13.4. The van der Waals surface area contributed by atoms with E-state index in [0.717, 1.165) is 12.0 Å². The Morgan fingerprint density at radius 3 is 2.47 bits per heavy atom. The van der Waals surface area contributed by atoms with Gasteiger partial charge in [0.25, 0.3) is 0 Å². The van der Waals surface area contributed by atoms with Gasteiger partial charge in [-0.15, -0.1) is 0 Å². The second-order valence-corrected chi connectivity index (χ2v) is 5.13. The summed E-state index contributed by atoms with van der Waals surface area (Å²) < 4.78 is 0. The van der Waals surface area contributed by atoms with Crippen LogP contribution in [-0.2, 0) is 6.42 Å². The minimum absolute atomic E-state index is 0.203. The maximum atomic E-state index is 11.0. The monoisotopic (exact) mass is 236 g/mol. The molecule has 0 saturated heterocycles. The van der Waals surface area contributed by atoms with Gasteiger partial charge in [0.05, 0.1) is 11.7 Å². The van der Waals surface area contributed by atoms with Crippen LogP contribution in [0, 0.1) is 5.41 Å². The average molecular weight is 236 g/mol. The summed E-state index contributed by atoms with van der Waals surface area (Å²) in [6.45, 7) is 5.74. The van der Waals surface area contributed by atoms with Crippen molar-refractivity contribution in [2.75, 3.05) is 0 Å². The van der Waals surface area contributed by atoms with Gasteiger partial charge in [-0.05, 0) is 36.8 Å². The number of hydrogen-bond acceptors (Lipinski definition) is 2. The SMILES string of the molecule is CC(O)C(C)(C)CCc1ccccc1C(=O)O. The van der Waals surface area contributed by atoms with E-state index >= 15 is 0 Å². The molecule has 1 unspecified atom stereocenters. The molecule has 1 aromatic carbocycles. The molecule has 0 heterocycles. The molecule has 2 N–H and O–H groups in total. The Balaban J connectivity index is 2.79. The van der Waals surface area contributed by atoms with E-state index in [-0.39, 0.29) is 5.41 Å². The van der Waals surface area contributed by atoms with Crippen LogP contribution in [0.5, 0.6) is 0 Å². The van der Waals surface area contributed by atoms with Crippen molar-refractivity contribution in [3.05, 3.63) is 35.4 Å². The van der Waals surface area contributed by atoms with Crippen molar-refractivity contribution in [3.63, 3.8) is 0 Å². The highest BCUT2D eigenvalue weighted by atomic mass is 16.4. The molecule has 0 bridgehead atoms. The highest BCUT2D eigenvalue weighted by Gasteiger charge is 2.24. The van der Waals surface area contributed by atoms with Gasteiger partial charge in [-0.25, -0.2) is 4.79 Å². The maximum absolute atomic E-state index is 11.0. The number of aliphatic hydroxyl groups excluding tert-OH is 1. The Kier molecular flexibility index (Phi) is 4.29. The summed E-state index contributed by atoms with van der Waals surface area (Å²) in [7, 11) is 0. The van der Waals surface area contributed by atoms with Crippen molar-refractivity contribution in [1.82, 2.24) is 0 Å². The minimum atomic E-state index is -0.893. The van der Waals surface area contributed by atoms with Crippen molar-refractivity contribution >= 4 is 5.97 Å². The lowest BCUT2D eigenvalue weighted by molar-refractivity contribution is 0.0598. The van der Waals surface area contributed by atoms with Crippen LogP contribution in [0.4, 0.5) is 0 Å². The summed E-state index contributed by atoms with van der Waals surface area (Å²) >= 11 is 0. The lowest BCUT2D eigenvalue weighted by Crippen LogP contribution is -2.27. The molecule has 94 valence electrons. The number of carboxylic acid groups (broad SMARTS) is 1. The molecule has 1 atom stereocenters. The van der Waals surface area contributed by atoms with Crippen molar-refractivity contribution in [1.29, 1.82) is 0 Å². The van der Waals surface area contributed by atoms with E-state index in [4.69, 9.17) is 5.11 Å². The fraction of sp³-hybridized carbons (Fsp3) is 0.500. The molecule has 3 heteroatoms. The zero-order valence-electron chi connectivity index (χ0n) is 10.6. The van der Waals surface area contributed by atoms with Crippen LogP contribution < -0.4 is 0 Å². The van der Waals surface area contributed by atoms with E-state index in [0.29, 0.717) is 12.0 Å². The molecule has 0 aromatic heterocycles. The molecule has 0 saturated carbocycles. The van der Waals surface area contributed by atoms with Gasteiger partial charge in [0, 0.05) is 0 Å². The van der Waals surface area contributed by atoms with Crippen LogP contribution in [0.3, 0.4) is 0 Å². The van der Waals surface area contributed by atoms with E-state index in [9.17, 15) is 9.90 Å². The van der Waals surface area contributed by atoms with Crippen LogP contribution in [0.15, 0.2) is 24.3 Å². The third-order valence-electron chi connectivity index (χ3n) is 3.42. The first kappa shape index (κ1) is 13.7. The fourth-order valence-corrected chi connectivity index (χ4v) is 1.61. The van der Waals surface area contributed by atoms with Crippen molar-refractivity contribution in [2.24, 2.45) is 5.41 Å². The van der Waals surface area contributed by atoms with Crippen LogP contribution in [-0.4, -0.2) is 22.3 Å². The number of aliphatic hydroxyl groups is 1. The molecular weight excluding hydrogens is 216 g/mol. The summed E-state index contributed by atoms with van der Waals surface area (Å²) in [5.41, 5.74) is 0.980. The quantitative estimate of drug-likeness (QED) is 0.826. The first-order valence-electron chi connectivity index (χ1n) is 5.84. The second kappa shape index (κ2) is 5.32. The van der Waals surface area contributed by atoms with Gasteiger partial charge in [-0.1, -0.05) is 32.0 Å². The van der Waals surface area contributed by atoms with Crippen molar-refractivity contribution < 1.29 is 15.0 Å². The summed E-state index contributed by atoms with van der Waals surface area (Å²) in [5.74, 6) is -0.893. The van der Waals surface area contributed by atoms with Crippen LogP contribution in [0.1, 0.15) is 43.1 Å². The van der Waals surface area contributed by atoms with Crippen molar-refractivity contribution in [3.8, 4) is 0 Å². The number of benzene rings is 1. The smallest absolute Gasteiger partial charge is 0.335 e. The highest BCUT2D eigenvalue weighted by Crippen LogP contribution is 2.27. The van der Waals surface area contributed by atoms with Crippen LogP contribution >= 0.6 is 0 Å². The predicted octanol–water partition coefficient (Wildman–Crippen LogP) is 2.72. The molecule has 3 nitrogen and oxygen atoms in total. The van der Waals surface area contributed by atoms with Gasteiger partial charge in [0.15, 0.2) is 0 Å². The Morgan fingerprint density at radius 2 is 1.94 bits per heavy atom. The second-order valence-electron chi connectivity index (χ2n) is 5.13. The van der Waals surface area contributed by atoms with Gasteiger partial charge >= 0.3 is 5.97 Å². The lowest BCUT2D eigenvalue weighted by Gasteiger charge is -2.28. The molecule has 0 aliphatic heterocycles. The molecule has 1 aromatic rings. The average Bonchev–Trinajstić information content (AvgIpc) is 2.26. The Bertz CT molecular complexity index is 394. The number of aryl methyl sites for hydroxylation is 1. The van der Waals surface area contributed by atoms with E-state index in [2.05, 4.69) is 0 Å². The molecule has 0 amide bonds. The zero-order chi connectivity index (χ0) is 13.1. The summed E-state index contributed by atoms with van der Waals surface area (Å²) in [6, 6.07) is 7.03.